The van der Waals surface area contributed by atoms with E-state index in [2.05, 4.69) is 168 Å². The highest BCUT2D eigenvalue weighted by Gasteiger charge is 2.56. The normalized spacial score (nSPS) is 16.6. The number of fused-ring (bicyclic) bond motifs is 6. The summed E-state index contributed by atoms with van der Waals surface area (Å²) in [7, 11) is -2.79. The molecule has 0 amide bonds. The van der Waals surface area contributed by atoms with Gasteiger partial charge in [0.15, 0.2) is 8.07 Å². The maximum Gasteiger partial charge on any atom is 0.190 e. The summed E-state index contributed by atoms with van der Waals surface area (Å²) in [4.78, 5) is 5.02. The molecule has 2 nitrogen and oxygen atoms in total. The smallest absolute Gasteiger partial charge is 0.190 e. The molecule has 42 heavy (non-hydrogen) atoms. The molecule has 2 aliphatic heterocycles. The van der Waals surface area contributed by atoms with Crippen molar-refractivity contribution in [1.82, 2.24) is 0 Å². The van der Waals surface area contributed by atoms with Crippen LogP contribution < -0.4 is 30.5 Å². The van der Waals surface area contributed by atoms with Gasteiger partial charge < -0.3 is 9.80 Å². The number of benzene rings is 6. The number of anilines is 6. The molecule has 0 bridgehead atoms. The van der Waals surface area contributed by atoms with Crippen molar-refractivity contribution in [2.75, 3.05) is 9.80 Å². The molecule has 0 fully saturated rings. The quantitative estimate of drug-likeness (QED) is 0.200. The molecule has 3 heterocycles. The summed E-state index contributed by atoms with van der Waals surface area (Å²) in [6.07, 6.45) is 0. The Morgan fingerprint density at radius 1 is 0.429 bits per heavy atom. The minimum atomic E-state index is -2.79. The first kappa shape index (κ1) is 23.8. The zero-order valence-corrected chi connectivity index (χ0v) is 24.6. The van der Waals surface area contributed by atoms with Gasteiger partial charge in [-0.05, 0) is 69.5 Å². The average Bonchev–Trinajstić information content (AvgIpc) is 3.45. The molecule has 2 aliphatic rings. The van der Waals surface area contributed by atoms with E-state index in [1.165, 1.54) is 64.3 Å². The number of rotatable bonds is 3. The zero-order chi connectivity index (χ0) is 27.7. The third-order valence-corrected chi connectivity index (χ3v) is 15.1. The minimum absolute atomic E-state index is 1.18. The molecule has 1 unspecified atom stereocenters. The lowest BCUT2D eigenvalue weighted by Gasteiger charge is -2.50. The van der Waals surface area contributed by atoms with Crippen LogP contribution in [0.5, 0.6) is 0 Å². The molecule has 4 heteroatoms. The second-order valence-electron chi connectivity index (χ2n) is 10.9. The molecule has 0 aliphatic carbocycles. The van der Waals surface area contributed by atoms with E-state index >= 15 is 0 Å². The van der Waals surface area contributed by atoms with Crippen LogP contribution in [-0.2, 0) is 0 Å². The fourth-order valence-corrected chi connectivity index (χ4v) is 14.6. The first-order valence-corrected chi connectivity index (χ1v) is 17.2. The highest BCUT2D eigenvalue weighted by molar-refractivity contribution is 7.32. The predicted molar refractivity (Wildman–Crippen MR) is 182 cm³/mol. The Hall–Kier alpha value is -4.90. The monoisotopic (exact) mass is 570 g/mol. The molecule has 1 atom stereocenters. The van der Waals surface area contributed by atoms with Gasteiger partial charge in [0.25, 0.3) is 0 Å². The SMILES string of the molecule is c1ccc(N2c3ccccc3[Si]3(c4ccccc4)c4c2cccc4N(c2ccccc2)c2sc4ccccc4c23)cc1. The van der Waals surface area contributed by atoms with Gasteiger partial charge in [-0.15, -0.1) is 11.3 Å². The van der Waals surface area contributed by atoms with E-state index in [0.29, 0.717) is 0 Å². The van der Waals surface area contributed by atoms with Crippen molar-refractivity contribution in [3.63, 3.8) is 0 Å². The lowest BCUT2D eigenvalue weighted by atomic mass is 10.1. The molecule has 0 saturated heterocycles. The van der Waals surface area contributed by atoms with Gasteiger partial charge in [-0.25, -0.2) is 0 Å². The Balaban J connectivity index is 1.53. The zero-order valence-electron chi connectivity index (χ0n) is 22.8. The standard InChI is InChI=1S/C38H26N2SSi/c1-4-15-27(16-5-1)39-31-22-11-13-26-35(31)42(29-19-8-3-9-20-29)36-30-21-10-12-25-34(30)41-38(36)40(28-17-6-2-7-18-28)33-24-14-23-32(39)37(33)42/h1-26H. The average molecular weight is 571 g/mol. The van der Waals surface area contributed by atoms with E-state index in [-0.39, 0.29) is 0 Å². The van der Waals surface area contributed by atoms with Gasteiger partial charge in [0.1, 0.15) is 5.00 Å². The molecule has 0 radical (unpaired) electrons. The second kappa shape index (κ2) is 9.05. The third-order valence-electron chi connectivity index (χ3n) is 8.82. The van der Waals surface area contributed by atoms with Crippen molar-refractivity contribution in [3.8, 4) is 0 Å². The fourth-order valence-electron chi connectivity index (χ4n) is 7.28. The second-order valence-corrected chi connectivity index (χ2v) is 15.6. The Morgan fingerprint density at radius 2 is 0.976 bits per heavy atom. The minimum Gasteiger partial charge on any atom is -0.311 e. The lowest BCUT2D eigenvalue weighted by molar-refractivity contribution is 1.26. The summed E-state index contributed by atoms with van der Waals surface area (Å²) in [5.74, 6) is 0. The molecule has 0 saturated carbocycles. The van der Waals surface area contributed by atoms with E-state index in [0.717, 1.165) is 0 Å². The van der Waals surface area contributed by atoms with Crippen molar-refractivity contribution in [2.24, 2.45) is 0 Å². The Labute approximate surface area is 250 Å². The summed E-state index contributed by atoms with van der Waals surface area (Å²) in [6.45, 7) is 0. The van der Waals surface area contributed by atoms with Crippen molar-refractivity contribution < 1.29 is 0 Å². The maximum atomic E-state index is 2.53. The van der Waals surface area contributed by atoms with Gasteiger partial charge in [0.2, 0.25) is 0 Å². The van der Waals surface area contributed by atoms with Crippen molar-refractivity contribution in [2.45, 2.75) is 0 Å². The Morgan fingerprint density at radius 3 is 1.71 bits per heavy atom. The maximum absolute atomic E-state index is 2.79. The highest BCUT2D eigenvalue weighted by atomic mass is 32.1. The molecule has 198 valence electrons. The van der Waals surface area contributed by atoms with Gasteiger partial charge in [-0.2, -0.15) is 0 Å². The molecule has 0 spiro atoms. The first-order chi connectivity index (χ1) is 20.9. The molecule has 9 rings (SSSR count). The van der Waals surface area contributed by atoms with Crippen molar-refractivity contribution in [3.05, 3.63) is 158 Å². The number of para-hydroxylation sites is 3. The lowest BCUT2D eigenvalue weighted by Crippen LogP contribution is -2.79. The van der Waals surface area contributed by atoms with E-state index in [9.17, 15) is 0 Å². The summed E-state index contributed by atoms with van der Waals surface area (Å²) in [5, 5.41) is 8.54. The summed E-state index contributed by atoms with van der Waals surface area (Å²) in [5.41, 5.74) is 6.21. The van der Waals surface area contributed by atoms with Crippen LogP contribution in [0.2, 0.25) is 0 Å². The first-order valence-electron chi connectivity index (χ1n) is 14.4. The molecule has 0 N–H and O–H groups in total. The number of nitrogens with zero attached hydrogens (tertiary/aromatic N) is 2. The van der Waals surface area contributed by atoms with E-state index in [1.54, 1.807) is 0 Å². The van der Waals surface area contributed by atoms with Crippen LogP contribution in [0.25, 0.3) is 10.1 Å². The predicted octanol–water partition coefficient (Wildman–Crippen LogP) is 7.85. The van der Waals surface area contributed by atoms with Crippen LogP contribution in [0.15, 0.2) is 158 Å². The van der Waals surface area contributed by atoms with E-state index in [4.69, 9.17) is 0 Å². The highest BCUT2D eigenvalue weighted by Crippen LogP contribution is 2.49. The van der Waals surface area contributed by atoms with E-state index < -0.39 is 8.07 Å². The van der Waals surface area contributed by atoms with Gasteiger partial charge in [-0.1, -0.05) is 109 Å². The van der Waals surface area contributed by atoms with Crippen LogP contribution in [0.4, 0.5) is 33.4 Å². The summed E-state index contributed by atoms with van der Waals surface area (Å²) >= 11 is 1.93. The van der Waals surface area contributed by atoms with Crippen LogP contribution in [0, 0.1) is 0 Å². The molecule has 7 aromatic rings. The number of thiophene rings is 1. The van der Waals surface area contributed by atoms with Crippen LogP contribution in [0.3, 0.4) is 0 Å². The summed E-state index contributed by atoms with van der Waals surface area (Å²) in [6, 6.07) is 58.3. The van der Waals surface area contributed by atoms with Crippen LogP contribution in [-0.4, -0.2) is 8.07 Å². The largest absolute Gasteiger partial charge is 0.311 e. The number of hydrogen-bond donors (Lipinski definition) is 0. The van der Waals surface area contributed by atoms with Crippen molar-refractivity contribution >= 4 is 83.7 Å². The van der Waals surface area contributed by atoms with Gasteiger partial charge in [-0.3, -0.25) is 0 Å². The Bertz CT molecular complexity index is 2110. The van der Waals surface area contributed by atoms with Gasteiger partial charge in [0, 0.05) is 38.3 Å². The molecule has 1 aromatic heterocycles. The topological polar surface area (TPSA) is 6.48 Å². The molecule has 6 aromatic carbocycles. The van der Waals surface area contributed by atoms with Gasteiger partial charge >= 0.3 is 0 Å². The van der Waals surface area contributed by atoms with E-state index in [1.807, 2.05) is 11.3 Å². The fraction of sp³-hybridized carbons (Fsp3) is 0. The third kappa shape index (κ3) is 3.08. The van der Waals surface area contributed by atoms with Crippen LogP contribution >= 0.6 is 11.3 Å². The molecular weight excluding hydrogens is 545 g/mol. The summed E-state index contributed by atoms with van der Waals surface area (Å²) < 4.78 is 1.34. The van der Waals surface area contributed by atoms with Gasteiger partial charge in [0.05, 0.1) is 0 Å². The number of hydrogen-bond acceptors (Lipinski definition) is 3. The van der Waals surface area contributed by atoms with Crippen molar-refractivity contribution in [1.29, 1.82) is 0 Å². The Kier molecular flexibility index (Phi) is 5.12. The molecular formula is C38H26N2SSi. The van der Waals surface area contributed by atoms with Crippen LogP contribution in [0.1, 0.15) is 0 Å².